The van der Waals surface area contributed by atoms with Crippen molar-refractivity contribution >= 4 is 17.1 Å². The molecule has 0 aliphatic rings. The number of nitrogens with zero attached hydrogens (tertiary/aromatic N) is 1. The highest BCUT2D eigenvalue weighted by molar-refractivity contribution is 5.62. The molecule has 0 aliphatic carbocycles. The van der Waals surface area contributed by atoms with Gasteiger partial charge in [-0.15, -0.1) is 0 Å². The summed E-state index contributed by atoms with van der Waals surface area (Å²) in [4.78, 5) is 2.49. The highest BCUT2D eigenvalue weighted by Gasteiger charge is 2.10. The van der Waals surface area contributed by atoms with Crippen LogP contribution in [0.25, 0.3) is 0 Å². The average Bonchev–Trinajstić information content (AvgIpc) is 2.47. The van der Waals surface area contributed by atoms with Gasteiger partial charge in [0.2, 0.25) is 0 Å². The molecular weight excluding hydrogens is 268 g/mol. The molecule has 0 unspecified atom stereocenters. The maximum Gasteiger partial charge on any atom is 0.0385 e. The fourth-order valence-corrected chi connectivity index (χ4v) is 2.61. The van der Waals surface area contributed by atoms with E-state index in [1.807, 2.05) is 18.2 Å². The Morgan fingerprint density at radius 3 is 1.73 bits per heavy atom. The summed E-state index contributed by atoms with van der Waals surface area (Å²) in [7, 11) is 0. The topological polar surface area (TPSA) is 15.3 Å². The van der Waals surface area contributed by atoms with E-state index in [-0.39, 0.29) is 0 Å². The predicted molar refractivity (Wildman–Crippen MR) is 98.1 cm³/mol. The molecule has 2 heteroatoms. The van der Waals surface area contributed by atoms with Gasteiger partial charge in [0, 0.05) is 30.2 Å². The van der Waals surface area contributed by atoms with Crippen LogP contribution in [0.5, 0.6) is 0 Å². The quantitative estimate of drug-likeness (QED) is 0.720. The molecule has 118 valence electrons. The maximum absolute atomic E-state index is 3.43. The van der Waals surface area contributed by atoms with Crippen LogP contribution in [0.2, 0.25) is 0 Å². The Labute approximate surface area is 135 Å². The first-order valence-electron chi connectivity index (χ1n) is 8.21. The Balaban J connectivity index is 2.08. The van der Waals surface area contributed by atoms with Gasteiger partial charge in [-0.2, -0.15) is 0 Å². The van der Waals surface area contributed by atoms with Crippen molar-refractivity contribution in [3.63, 3.8) is 0 Å². The van der Waals surface area contributed by atoms with Crippen molar-refractivity contribution in [3.05, 3.63) is 54.6 Å². The lowest BCUT2D eigenvalue weighted by atomic mass is 10.1. The van der Waals surface area contributed by atoms with Crippen LogP contribution in [0.3, 0.4) is 0 Å². The van der Waals surface area contributed by atoms with E-state index in [2.05, 4.69) is 74.3 Å². The van der Waals surface area contributed by atoms with Crippen molar-refractivity contribution in [3.8, 4) is 0 Å². The summed E-state index contributed by atoms with van der Waals surface area (Å²) in [6, 6.07) is 19.0. The lowest BCUT2D eigenvalue weighted by Crippen LogP contribution is -2.31. The highest BCUT2D eigenvalue weighted by atomic mass is 15.1. The Morgan fingerprint density at radius 2 is 1.23 bits per heavy atom. The van der Waals surface area contributed by atoms with E-state index < -0.39 is 0 Å². The normalized spacial score (nSPS) is 11.0. The second-order valence-corrected chi connectivity index (χ2v) is 6.73. The molecular formula is C20H28N2. The Bertz CT molecular complexity index is 534. The third kappa shape index (κ3) is 5.10. The number of nitrogens with one attached hydrogen (secondary N) is 1. The minimum Gasteiger partial charge on any atom is -0.371 e. The molecule has 0 amide bonds. The van der Waals surface area contributed by atoms with Crippen molar-refractivity contribution < 1.29 is 0 Å². The third-order valence-corrected chi connectivity index (χ3v) is 3.47. The van der Waals surface area contributed by atoms with Crippen LogP contribution in [0, 0.1) is 11.8 Å². The SMILES string of the molecule is CC(C)CN(CC(C)C)c1ccc(Nc2ccccc2)cc1. The van der Waals surface area contributed by atoms with Gasteiger partial charge in [0.15, 0.2) is 0 Å². The number of para-hydroxylation sites is 1. The van der Waals surface area contributed by atoms with Crippen molar-refractivity contribution in [2.45, 2.75) is 27.7 Å². The van der Waals surface area contributed by atoms with Crippen LogP contribution in [-0.4, -0.2) is 13.1 Å². The molecule has 0 aromatic heterocycles. The largest absolute Gasteiger partial charge is 0.371 e. The van der Waals surface area contributed by atoms with Gasteiger partial charge in [-0.3, -0.25) is 0 Å². The minimum atomic E-state index is 0.667. The fourth-order valence-electron chi connectivity index (χ4n) is 2.61. The Kier molecular flexibility index (Phi) is 5.88. The van der Waals surface area contributed by atoms with Gasteiger partial charge in [0.1, 0.15) is 0 Å². The molecule has 22 heavy (non-hydrogen) atoms. The summed E-state index contributed by atoms with van der Waals surface area (Å²) in [5, 5.41) is 3.43. The number of hydrogen-bond acceptors (Lipinski definition) is 2. The van der Waals surface area contributed by atoms with Gasteiger partial charge in [0.05, 0.1) is 0 Å². The molecule has 2 rings (SSSR count). The van der Waals surface area contributed by atoms with Crippen LogP contribution < -0.4 is 10.2 Å². The number of rotatable bonds is 7. The zero-order valence-electron chi connectivity index (χ0n) is 14.2. The van der Waals surface area contributed by atoms with E-state index >= 15 is 0 Å². The van der Waals surface area contributed by atoms with Crippen LogP contribution >= 0.6 is 0 Å². The van der Waals surface area contributed by atoms with E-state index in [4.69, 9.17) is 0 Å². The molecule has 0 bridgehead atoms. The van der Waals surface area contributed by atoms with Gasteiger partial charge >= 0.3 is 0 Å². The summed E-state index contributed by atoms with van der Waals surface area (Å²) in [6.07, 6.45) is 0. The number of benzene rings is 2. The van der Waals surface area contributed by atoms with Crippen LogP contribution in [0.1, 0.15) is 27.7 Å². The highest BCUT2D eigenvalue weighted by Crippen LogP contribution is 2.22. The Hall–Kier alpha value is -1.96. The van der Waals surface area contributed by atoms with Crippen molar-refractivity contribution in [2.24, 2.45) is 11.8 Å². The zero-order chi connectivity index (χ0) is 15.9. The van der Waals surface area contributed by atoms with E-state index in [1.54, 1.807) is 0 Å². The maximum atomic E-state index is 3.43. The van der Waals surface area contributed by atoms with Crippen molar-refractivity contribution in [2.75, 3.05) is 23.3 Å². The van der Waals surface area contributed by atoms with Crippen molar-refractivity contribution in [1.82, 2.24) is 0 Å². The summed E-state index contributed by atoms with van der Waals surface area (Å²) < 4.78 is 0. The summed E-state index contributed by atoms with van der Waals surface area (Å²) in [5.41, 5.74) is 3.56. The number of hydrogen-bond donors (Lipinski definition) is 1. The van der Waals surface area contributed by atoms with Crippen LogP contribution in [0.15, 0.2) is 54.6 Å². The van der Waals surface area contributed by atoms with Gasteiger partial charge in [-0.25, -0.2) is 0 Å². The van der Waals surface area contributed by atoms with Crippen LogP contribution in [-0.2, 0) is 0 Å². The smallest absolute Gasteiger partial charge is 0.0385 e. The molecule has 0 fully saturated rings. The average molecular weight is 296 g/mol. The summed E-state index contributed by atoms with van der Waals surface area (Å²) in [6.45, 7) is 11.3. The summed E-state index contributed by atoms with van der Waals surface area (Å²) in [5.74, 6) is 1.33. The van der Waals surface area contributed by atoms with Gasteiger partial charge in [0.25, 0.3) is 0 Å². The van der Waals surface area contributed by atoms with Crippen LogP contribution in [0.4, 0.5) is 17.1 Å². The molecule has 0 saturated heterocycles. The van der Waals surface area contributed by atoms with E-state index in [9.17, 15) is 0 Å². The molecule has 2 nitrogen and oxygen atoms in total. The molecule has 0 spiro atoms. The fraction of sp³-hybridized carbons (Fsp3) is 0.400. The minimum absolute atomic E-state index is 0.667. The summed E-state index contributed by atoms with van der Waals surface area (Å²) >= 11 is 0. The standard InChI is InChI=1S/C20H28N2/c1-16(2)14-22(15-17(3)4)20-12-10-19(11-13-20)21-18-8-6-5-7-9-18/h5-13,16-17,21H,14-15H2,1-4H3. The molecule has 2 aromatic rings. The molecule has 0 atom stereocenters. The van der Waals surface area contributed by atoms with Crippen molar-refractivity contribution in [1.29, 1.82) is 0 Å². The predicted octanol–water partition coefficient (Wildman–Crippen LogP) is 5.55. The van der Waals surface area contributed by atoms with Gasteiger partial charge in [-0.05, 0) is 48.2 Å². The second-order valence-electron chi connectivity index (χ2n) is 6.73. The lowest BCUT2D eigenvalue weighted by Gasteiger charge is -2.28. The molecule has 0 aliphatic heterocycles. The zero-order valence-corrected chi connectivity index (χ0v) is 14.2. The molecule has 1 N–H and O–H groups in total. The van der Waals surface area contributed by atoms with E-state index in [1.165, 1.54) is 5.69 Å². The first kappa shape index (κ1) is 16.4. The van der Waals surface area contributed by atoms with Gasteiger partial charge in [-0.1, -0.05) is 45.9 Å². The first-order chi connectivity index (χ1) is 10.5. The molecule has 2 aromatic carbocycles. The van der Waals surface area contributed by atoms with Gasteiger partial charge < -0.3 is 10.2 Å². The van der Waals surface area contributed by atoms with E-state index in [0.29, 0.717) is 11.8 Å². The van der Waals surface area contributed by atoms with E-state index in [0.717, 1.165) is 24.5 Å². The second kappa shape index (κ2) is 7.88. The first-order valence-corrected chi connectivity index (χ1v) is 8.21. The molecule has 0 saturated carbocycles. The monoisotopic (exact) mass is 296 g/mol. The number of anilines is 3. The Morgan fingerprint density at radius 1 is 0.727 bits per heavy atom. The molecule has 0 heterocycles. The lowest BCUT2D eigenvalue weighted by molar-refractivity contribution is 0.553. The molecule has 0 radical (unpaired) electrons. The third-order valence-electron chi connectivity index (χ3n) is 3.47.